The van der Waals surface area contributed by atoms with Crippen LogP contribution in [0.15, 0.2) is 54.6 Å². The van der Waals surface area contributed by atoms with E-state index in [0.29, 0.717) is 5.56 Å². The van der Waals surface area contributed by atoms with E-state index in [2.05, 4.69) is 26.6 Å². The Labute approximate surface area is 341 Å². The van der Waals surface area contributed by atoms with Gasteiger partial charge in [0.25, 0.3) is 5.91 Å². The van der Waals surface area contributed by atoms with Gasteiger partial charge in [-0.25, -0.2) is 0 Å². The first-order valence-corrected chi connectivity index (χ1v) is 19.8. The molecule has 0 aliphatic carbocycles. The van der Waals surface area contributed by atoms with Gasteiger partial charge in [0.1, 0.15) is 42.0 Å². The number of rotatable bonds is 7. The van der Waals surface area contributed by atoms with Crippen LogP contribution in [0, 0.1) is 0 Å². The Morgan fingerprint density at radius 2 is 1.39 bits per heavy atom. The van der Waals surface area contributed by atoms with Crippen LogP contribution in [0.5, 0.6) is 5.75 Å². The number of aliphatic hydroxyl groups is 3. The number of nitrogens with one attached hydrogen (secondary N) is 5. The fourth-order valence-corrected chi connectivity index (χ4v) is 7.55. The van der Waals surface area contributed by atoms with Gasteiger partial charge in [0.15, 0.2) is 0 Å². The molecule has 19 heteroatoms. The van der Waals surface area contributed by atoms with Gasteiger partial charge in [-0.2, -0.15) is 0 Å². The number of hydrogen-bond donors (Lipinski definition) is 10. The number of aromatic hydroxyl groups is 1. The molecule has 2 aromatic rings. The maximum absolute atomic E-state index is 14.1. The molecule has 3 aliphatic rings. The molecule has 7 unspecified atom stereocenters. The molecule has 2 aromatic carbocycles. The maximum Gasteiger partial charge on any atom is 0.251 e. The number of amides is 7. The first kappa shape index (κ1) is 44.5. The Balaban J connectivity index is 1.49. The Kier molecular flexibility index (Phi) is 15.0. The highest BCUT2D eigenvalue weighted by Crippen LogP contribution is 2.23. The van der Waals surface area contributed by atoms with E-state index in [0.717, 1.165) is 4.90 Å². The zero-order valence-electron chi connectivity index (χ0n) is 33.0. The second-order valence-corrected chi connectivity index (χ2v) is 15.4. The molecule has 0 aromatic heterocycles. The molecule has 5 rings (SSSR count). The van der Waals surface area contributed by atoms with Crippen LogP contribution in [0.1, 0.15) is 61.9 Å². The molecular formula is C40H54N8O11. The molecule has 0 spiro atoms. The second kappa shape index (κ2) is 19.9. The van der Waals surface area contributed by atoms with Gasteiger partial charge < -0.3 is 62.5 Å². The van der Waals surface area contributed by atoms with Crippen LogP contribution >= 0.6 is 0 Å². The third kappa shape index (κ3) is 11.3. The monoisotopic (exact) mass is 822 g/mol. The molecule has 3 aliphatic heterocycles. The standard InChI is InChI=1S/C40H54N8O11/c1-21(49)32-39(58)47-19-25(41)17-30(47)37(56)42-16-6-9-28(43-34(53)24-7-4-3-5-8-24)35(54)45-33(22(2)50)40(59)48-20-27(52)18-31(48)38(57)44-29(36(55)46-32)15-12-23-10-13-26(51)14-11-23/h3-5,7-8,10-11,13-14,21-22,25,27-33,49-52H,6,9,12,15-20,41H2,1-2H3,(H,42,56)(H,43,53)(H,44,57)(H,45,54)(H,46,55)/t21?,22?,25-,27+,28-,29?,30?,31?,32?,33?/m0/s1. The van der Waals surface area contributed by atoms with Crippen LogP contribution in [0.3, 0.4) is 0 Å². The third-order valence-electron chi connectivity index (χ3n) is 10.8. The molecule has 3 saturated heterocycles. The first-order chi connectivity index (χ1) is 28.0. The molecule has 10 atom stereocenters. The van der Waals surface area contributed by atoms with Crippen molar-refractivity contribution in [1.29, 1.82) is 0 Å². The van der Waals surface area contributed by atoms with Crippen molar-refractivity contribution in [3.63, 3.8) is 0 Å². The quantitative estimate of drug-likeness (QED) is 0.135. The SMILES string of the molecule is CC(O)C1NC(=O)C(CCc2ccc(O)cc2)NC(=O)C2C[C@@H](O)CN2C(=O)C(C(C)O)NC(=O)[C@@H](NC(=O)c2ccccc2)CCCNC(=O)C2C[C@H](N)CN2C1=O. The van der Waals surface area contributed by atoms with Gasteiger partial charge in [0.05, 0.1) is 18.3 Å². The van der Waals surface area contributed by atoms with Gasteiger partial charge >= 0.3 is 0 Å². The summed E-state index contributed by atoms with van der Waals surface area (Å²) in [6.45, 7) is 2.09. The van der Waals surface area contributed by atoms with Crippen molar-refractivity contribution >= 4 is 41.4 Å². The number of hydrogen-bond acceptors (Lipinski definition) is 12. The lowest BCUT2D eigenvalue weighted by Gasteiger charge is -2.32. The first-order valence-electron chi connectivity index (χ1n) is 19.8. The number of benzene rings is 2. The molecule has 11 N–H and O–H groups in total. The highest BCUT2D eigenvalue weighted by atomic mass is 16.3. The Morgan fingerprint density at radius 1 is 0.797 bits per heavy atom. The van der Waals surface area contributed by atoms with Gasteiger partial charge in [0, 0.05) is 37.7 Å². The molecule has 19 nitrogen and oxygen atoms in total. The van der Waals surface area contributed by atoms with Crippen molar-refractivity contribution in [2.75, 3.05) is 19.6 Å². The van der Waals surface area contributed by atoms with E-state index in [9.17, 15) is 54.0 Å². The minimum atomic E-state index is -1.64. The number of fused-ring (bicyclic) bond motifs is 2. The van der Waals surface area contributed by atoms with Gasteiger partial charge in [0.2, 0.25) is 35.4 Å². The number of phenols is 1. The summed E-state index contributed by atoms with van der Waals surface area (Å²) in [5.41, 5.74) is 7.13. The molecule has 3 fully saturated rings. The van der Waals surface area contributed by atoms with Crippen LogP contribution < -0.4 is 32.3 Å². The highest BCUT2D eigenvalue weighted by Gasteiger charge is 2.45. The van der Waals surface area contributed by atoms with E-state index in [4.69, 9.17) is 5.73 Å². The summed E-state index contributed by atoms with van der Waals surface area (Å²) >= 11 is 0. The molecule has 59 heavy (non-hydrogen) atoms. The molecule has 320 valence electrons. The van der Waals surface area contributed by atoms with Crippen LogP contribution in [-0.2, 0) is 35.2 Å². The van der Waals surface area contributed by atoms with Crippen LogP contribution in [0.2, 0.25) is 0 Å². The molecule has 7 amide bonds. The van der Waals surface area contributed by atoms with Crippen molar-refractivity contribution in [3.05, 3.63) is 65.7 Å². The van der Waals surface area contributed by atoms with Crippen LogP contribution in [-0.4, -0.2) is 152 Å². The summed E-state index contributed by atoms with van der Waals surface area (Å²) in [6, 6.07) is 5.23. The third-order valence-corrected chi connectivity index (χ3v) is 10.8. The van der Waals surface area contributed by atoms with Crippen molar-refractivity contribution in [2.24, 2.45) is 5.73 Å². The van der Waals surface area contributed by atoms with E-state index < -0.39 is 102 Å². The van der Waals surface area contributed by atoms with E-state index in [-0.39, 0.29) is 69.5 Å². The Morgan fingerprint density at radius 3 is 2.02 bits per heavy atom. The minimum absolute atomic E-state index is 0.00792. The van der Waals surface area contributed by atoms with E-state index >= 15 is 0 Å². The molecule has 0 bridgehead atoms. The van der Waals surface area contributed by atoms with Gasteiger partial charge in [-0.1, -0.05) is 30.3 Å². The van der Waals surface area contributed by atoms with E-state index in [1.165, 1.54) is 43.0 Å². The summed E-state index contributed by atoms with van der Waals surface area (Å²) in [5, 5.41) is 55.1. The predicted octanol–water partition coefficient (Wildman–Crippen LogP) is -2.86. The topological polar surface area (TPSA) is 293 Å². The van der Waals surface area contributed by atoms with E-state index in [1.54, 1.807) is 30.3 Å². The number of carbonyl (C=O) groups excluding carboxylic acids is 7. The van der Waals surface area contributed by atoms with Crippen molar-refractivity contribution in [3.8, 4) is 5.75 Å². The second-order valence-electron chi connectivity index (χ2n) is 15.4. The van der Waals surface area contributed by atoms with Crippen molar-refractivity contribution < 1.29 is 54.0 Å². The lowest BCUT2D eigenvalue weighted by atomic mass is 10.0. The molecular weight excluding hydrogens is 768 g/mol. The average Bonchev–Trinajstić information content (AvgIpc) is 3.80. The van der Waals surface area contributed by atoms with Gasteiger partial charge in [-0.15, -0.1) is 0 Å². The predicted molar refractivity (Wildman–Crippen MR) is 210 cm³/mol. The van der Waals surface area contributed by atoms with Gasteiger partial charge in [-0.3, -0.25) is 33.6 Å². The number of aliphatic hydroxyl groups excluding tert-OH is 3. The normalized spacial score (nSPS) is 28.8. The van der Waals surface area contributed by atoms with Crippen LogP contribution in [0.25, 0.3) is 0 Å². The number of aryl methyl sites for hydroxylation is 1. The fourth-order valence-electron chi connectivity index (χ4n) is 7.55. The number of nitrogens with zero attached hydrogens (tertiary/aromatic N) is 2. The molecule has 3 heterocycles. The average molecular weight is 823 g/mol. The Hall–Kier alpha value is -5.63. The van der Waals surface area contributed by atoms with Crippen LogP contribution in [0.4, 0.5) is 0 Å². The largest absolute Gasteiger partial charge is 0.508 e. The number of phenolic OH excluding ortho intramolecular Hbond substituents is 1. The zero-order valence-corrected chi connectivity index (χ0v) is 33.0. The number of carbonyl (C=O) groups is 7. The Bertz CT molecular complexity index is 1850. The lowest BCUT2D eigenvalue weighted by Crippen LogP contribution is -2.61. The van der Waals surface area contributed by atoms with Crippen molar-refractivity contribution in [1.82, 2.24) is 36.4 Å². The zero-order chi connectivity index (χ0) is 43.0. The summed E-state index contributed by atoms with van der Waals surface area (Å²) in [5.74, 6) is -5.48. The summed E-state index contributed by atoms with van der Waals surface area (Å²) in [7, 11) is 0. The molecule has 0 saturated carbocycles. The summed E-state index contributed by atoms with van der Waals surface area (Å²) in [4.78, 5) is 99.1. The van der Waals surface area contributed by atoms with Gasteiger partial charge in [-0.05, 0) is 75.8 Å². The molecule has 0 radical (unpaired) electrons. The van der Waals surface area contributed by atoms with E-state index in [1.807, 2.05) is 0 Å². The fraction of sp³-hybridized carbons (Fsp3) is 0.525. The smallest absolute Gasteiger partial charge is 0.251 e. The van der Waals surface area contributed by atoms with Crippen molar-refractivity contribution in [2.45, 2.75) is 113 Å². The minimum Gasteiger partial charge on any atom is -0.508 e. The number of nitrogens with two attached hydrogens (primary N) is 1. The lowest BCUT2D eigenvalue weighted by molar-refractivity contribution is -0.145. The summed E-state index contributed by atoms with van der Waals surface area (Å²) < 4.78 is 0. The highest BCUT2D eigenvalue weighted by molar-refractivity contribution is 6.00. The maximum atomic E-state index is 14.1. The summed E-state index contributed by atoms with van der Waals surface area (Å²) in [6.07, 6.45) is -4.17.